The van der Waals surface area contributed by atoms with Gasteiger partial charge in [0, 0.05) is 39.6 Å². The number of benzene rings is 2. The number of morpholine rings is 1. The van der Waals surface area contributed by atoms with Crippen molar-refractivity contribution in [3.63, 3.8) is 0 Å². The predicted molar refractivity (Wildman–Crippen MR) is 127 cm³/mol. The average Bonchev–Trinajstić information content (AvgIpc) is 3.06. The number of ether oxygens (including phenoxy) is 1. The van der Waals surface area contributed by atoms with Gasteiger partial charge in [-0.05, 0) is 36.4 Å². The highest BCUT2D eigenvalue weighted by molar-refractivity contribution is 7.21. The molecule has 6 nitrogen and oxygen atoms in total. The van der Waals surface area contributed by atoms with Crippen LogP contribution in [0, 0.1) is 0 Å². The molecule has 1 aliphatic heterocycles. The maximum Gasteiger partial charge on any atom is 0.267 e. The van der Waals surface area contributed by atoms with E-state index in [1.54, 1.807) is 36.4 Å². The molecular formula is C21H18Cl3N3O3S. The van der Waals surface area contributed by atoms with E-state index in [0.717, 1.165) is 17.8 Å². The number of anilines is 2. The Labute approximate surface area is 198 Å². The van der Waals surface area contributed by atoms with Crippen molar-refractivity contribution in [2.45, 2.75) is 0 Å². The van der Waals surface area contributed by atoms with Gasteiger partial charge in [-0.1, -0.05) is 34.8 Å². The Morgan fingerprint density at radius 3 is 2.32 bits per heavy atom. The van der Waals surface area contributed by atoms with E-state index in [-0.39, 0.29) is 11.8 Å². The summed E-state index contributed by atoms with van der Waals surface area (Å²) in [5, 5.41) is 7.47. The molecule has 0 saturated carbocycles. The van der Waals surface area contributed by atoms with Crippen LogP contribution in [0.15, 0.2) is 36.4 Å². The lowest BCUT2D eigenvalue weighted by Crippen LogP contribution is -2.41. The maximum atomic E-state index is 12.7. The van der Waals surface area contributed by atoms with Gasteiger partial charge < -0.3 is 15.4 Å². The van der Waals surface area contributed by atoms with Crippen molar-refractivity contribution in [3.8, 4) is 0 Å². The zero-order valence-electron chi connectivity index (χ0n) is 16.2. The van der Waals surface area contributed by atoms with Crippen LogP contribution in [0.5, 0.6) is 0 Å². The summed E-state index contributed by atoms with van der Waals surface area (Å²) in [4.78, 5) is 27.3. The summed E-state index contributed by atoms with van der Waals surface area (Å²) >= 11 is 19.9. The van der Waals surface area contributed by atoms with Crippen molar-refractivity contribution >= 4 is 79.4 Å². The number of rotatable bonds is 5. The van der Waals surface area contributed by atoms with Gasteiger partial charge in [0.2, 0.25) is 5.91 Å². The number of hydrogen-bond acceptors (Lipinski definition) is 5. The zero-order chi connectivity index (χ0) is 22.0. The fourth-order valence-electron chi connectivity index (χ4n) is 3.25. The number of carbonyl (C=O) groups excluding carboxylic acids is 2. The predicted octanol–water partition coefficient (Wildman–Crippen LogP) is 5.38. The van der Waals surface area contributed by atoms with Crippen LogP contribution in [-0.2, 0) is 9.53 Å². The van der Waals surface area contributed by atoms with Gasteiger partial charge in [0.25, 0.3) is 5.91 Å². The van der Waals surface area contributed by atoms with Crippen LogP contribution in [0.4, 0.5) is 11.4 Å². The van der Waals surface area contributed by atoms with Gasteiger partial charge in [0.05, 0.1) is 29.8 Å². The van der Waals surface area contributed by atoms with Crippen molar-refractivity contribution in [1.82, 2.24) is 4.90 Å². The first kappa shape index (κ1) is 22.3. The molecule has 0 radical (unpaired) electrons. The third kappa shape index (κ3) is 5.31. The number of hydrogen-bond donors (Lipinski definition) is 2. The summed E-state index contributed by atoms with van der Waals surface area (Å²) in [7, 11) is 0. The van der Waals surface area contributed by atoms with Crippen LogP contribution in [0.3, 0.4) is 0 Å². The summed E-state index contributed by atoms with van der Waals surface area (Å²) in [6, 6.07) is 10.2. The van der Waals surface area contributed by atoms with E-state index in [9.17, 15) is 9.59 Å². The van der Waals surface area contributed by atoms with E-state index < -0.39 is 0 Å². The molecule has 0 bridgehead atoms. The molecule has 1 saturated heterocycles. The lowest BCUT2D eigenvalue weighted by atomic mass is 10.2. The van der Waals surface area contributed by atoms with E-state index in [1.165, 1.54) is 11.3 Å². The van der Waals surface area contributed by atoms with Gasteiger partial charge in [0.1, 0.15) is 4.88 Å². The Morgan fingerprint density at radius 1 is 1.00 bits per heavy atom. The molecule has 1 aromatic heterocycles. The molecule has 0 spiro atoms. The minimum Gasteiger partial charge on any atom is -0.379 e. The molecule has 0 atom stereocenters. The standard InChI is InChI=1S/C21H18Cl3N3O3S/c22-12-9-15(23)18-16(10-12)31-20(19(18)24)21(29)26-14-3-1-13(2-4-14)25-17(28)11-27-5-7-30-8-6-27/h1-4,9-10H,5-8,11H2,(H,25,28)(H,26,29). The third-order valence-corrected chi connectivity index (χ3v) is 6.90. The monoisotopic (exact) mass is 497 g/mol. The Hall–Kier alpha value is -1.87. The lowest BCUT2D eigenvalue weighted by Gasteiger charge is -2.25. The van der Waals surface area contributed by atoms with Gasteiger partial charge >= 0.3 is 0 Å². The topological polar surface area (TPSA) is 70.7 Å². The van der Waals surface area contributed by atoms with Crippen molar-refractivity contribution in [2.24, 2.45) is 0 Å². The van der Waals surface area contributed by atoms with Crippen molar-refractivity contribution in [3.05, 3.63) is 56.3 Å². The first-order valence-corrected chi connectivity index (χ1v) is 11.4. The highest BCUT2D eigenvalue weighted by Crippen LogP contribution is 2.41. The minimum absolute atomic E-state index is 0.0914. The van der Waals surface area contributed by atoms with Crippen molar-refractivity contribution in [2.75, 3.05) is 43.5 Å². The molecular weight excluding hydrogens is 481 g/mol. The number of thiophene rings is 1. The fraction of sp³-hybridized carbons (Fsp3) is 0.238. The average molecular weight is 499 g/mol. The molecule has 2 aromatic carbocycles. The second-order valence-corrected chi connectivity index (χ2v) is 9.25. The second-order valence-electron chi connectivity index (χ2n) is 6.97. The summed E-state index contributed by atoms with van der Waals surface area (Å²) in [6.07, 6.45) is 0. The molecule has 0 aliphatic carbocycles. The Morgan fingerprint density at radius 2 is 1.65 bits per heavy atom. The summed E-state index contributed by atoms with van der Waals surface area (Å²) in [5.74, 6) is -0.436. The number of halogens is 3. The van der Waals surface area contributed by atoms with Crippen LogP contribution in [0.1, 0.15) is 9.67 Å². The summed E-state index contributed by atoms with van der Waals surface area (Å²) < 4.78 is 6.03. The first-order chi connectivity index (χ1) is 14.9. The van der Waals surface area contributed by atoms with Gasteiger partial charge in [0.15, 0.2) is 0 Å². The highest BCUT2D eigenvalue weighted by atomic mass is 35.5. The molecule has 10 heteroatoms. The molecule has 1 fully saturated rings. The van der Waals surface area contributed by atoms with Crippen LogP contribution in [-0.4, -0.2) is 49.6 Å². The van der Waals surface area contributed by atoms with Crippen molar-refractivity contribution < 1.29 is 14.3 Å². The Kier molecular flexibility index (Phi) is 7.01. The molecule has 2 heterocycles. The van der Waals surface area contributed by atoms with E-state index >= 15 is 0 Å². The van der Waals surface area contributed by atoms with Gasteiger partial charge in [-0.2, -0.15) is 0 Å². The Balaban J connectivity index is 1.40. The SMILES string of the molecule is O=C(CN1CCOCC1)Nc1ccc(NC(=O)c2sc3cc(Cl)cc(Cl)c3c2Cl)cc1. The fourth-order valence-corrected chi connectivity index (χ4v) is 5.52. The number of fused-ring (bicyclic) bond motifs is 1. The van der Waals surface area contributed by atoms with E-state index in [1.807, 2.05) is 4.90 Å². The van der Waals surface area contributed by atoms with Crippen LogP contribution in [0.2, 0.25) is 15.1 Å². The number of nitrogens with zero attached hydrogens (tertiary/aromatic N) is 1. The van der Waals surface area contributed by atoms with E-state index in [2.05, 4.69) is 10.6 Å². The van der Waals surface area contributed by atoms with Gasteiger partial charge in [-0.15, -0.1) is 11.3 Å². The molecule has 4 rings (SSSR count). The van der Waals surface area contributed by atoms with Gasteiger partial charge in [-0.25, -0.2) is 0 Å². The molecule has 0 unspecified atom stereocenters. The quantitative estimate of drug-likeness (QED) is 0.495. The largest absolute Gasteiger partial charge is 0.379 e. The van der Waals surface area contributed by atoms with Crippen molar-refractivity contribution in [1.29, 1.82) is 0 Å². The second kappa shape index (κ2) is 9.73. The smallest absolute Gasteiger partial charge is 0.267 e. The first-order valence-electron chi connectivity index (χ1n) is 9.49. The molecule has 31 heavy (non-hydrogen) atoms. The van der Waals surface area contributed by atoms with Crippen LogP contribution >= 0.6 is 46.1 Å². The lowest BCUT2D eigenvalue weighted by molar-refractivity contribution is -0.118. The third-order valence-electron chi connectivity index (χ3n) is 4.75. The normalized spacial score (nSPS) is 14.5. The highest BCUT2D eigenvalue weighted by Gasteiger charge is 2.20. The minimum atomic E-state index is -0.345. The number of amides is 2. The molecule has 1 aliphatic rings. The summed E-state index contributed by atoms with van der Waals surface area (Å²) in [5.41, 5.74) is 1.23. The van der Waals surface area contributed by atoms with Crippen LogP contribution in [0.25, 0.3) is 10.1 Å². The van der Waals surface area contributed by atoms with E-state index in [0.29, 0.717) is 56.5 Å². The molecule has 2 amide bonds. The molecule has 3 aromatic rings. The van der Waals surface area contributed by atoms with Crippen LogP contribution < -0.4 is 10.6 Å². The molecule has 2 N–H and O–H groups in total. The number of carbonyl (C=O) groups is 2. The summed E-state index contributed by atoms with van der Waals surface area (Å²) in [6.45, 7) is 3.10. The number of nitrogens with one attached hydrogen (secondary N) is 2. The maximum absolute atomic E-state index is 12.7. The van der Waals surface area contributed by atoms with Gasteiger partial charge in [-0.3, -0.25) is 14.5 Å². The zero-order valence-corrected chi connectivity index (χ0v) is 19.3. The van der Waals surface area contributed by atoms with E-state index in [4.69, 9.17) is 39.5 Å². The molecule has 162 valence electrons. The Bertz CT molecular complexity index is 1130.